The summed E-state index contributed by atoms with van der Waals surface area (Å²) in [4.78, 5) is 14.5. The smallest absolute Gasteiger partial charge is 0.418 e. The van der Waals surface area contributed by atoms with Crippen LogP contribution in [0.2, 0.25) is 0 Å². The molecule has 1 aliphatic heterocycles. The first kappa shape index (κ1) is 25.0. The van der Waals surface area contributed by atoms with E-state index in [0.29, 0.717) is 41.4 Å². The van der Waals surface area contributed by atoms with E-state index < -0.39 is 17.7 Å². The summed E-state index contributed by atoms with van der Waals surface area (Å²) in [7, 11) is 4.31. The van der Waals surface area contributed by atoms with Crippen molar-refractivity contribution in [3.05, 3.63) is 70.2 Å². The van der Waals surface area contributed by atoms with Crippen LogP contribution in [0.25, 0.3) is 0 Å². The fraction of sp³-hybridized carbons (Fsp3) is 0.308. The average molecular weight is 499 g/mol. The minimum Gasteiger partial charge on any atom is -0.493 e. The summed E-state index contributed by atoms with van der Waals surface area (Å²) >= 11 is 0. The Balaban J connectivity index is 2.02. The highest BCUT2D eigenvalue weighted by Gasteiger charge is 2.43. The van der Waals surface area contributed by atoms with E-state index in [4.69, 9.17) is 19.9 Å². The van der Waals surface area contributed by atoms with Crippen molar-refractivity contribution in [3.63, 3.8) is 0 Å². The first-order chi connectivity index (χ1) is 17.2. The van der Waals surface area contributed by atoms with Gasteiger partial charge in [-0.15, -0.1) is 0 Å². The van der Waals surface area contributed by atoms with Crippen LogP contribution in [0.1, 0.15) is 36.3 Å². The van der Waals surface area contributed by atoms with Crippen LogP contribution in [0.4, 0.5) is 18.9 Å². The van der Waals surface area contributed by atoms with Gasteiger partial charge in [-0.25, -0.2) is 0 Å². The number of alkyl halides is 3. The van der Waals surface area contributed by atoms with Crippen molar-refractivity contribution < 1.29 is 32.2 Å². The van der Waals surface area contributed by atoms with E-state index in [1.165, 1.54) is 44.4 Å². The number of allylic oxidation sites excluding steroid dienone is 3. The molecule has 7 nitrogen and oxygen atoms in total. The van der Waals surface area contributed by atoms with Gasteiger partial charge in [-0.05, 0) is 42.7 Å². The minimum absolute atomic E-state index is 0.0461. The predicted octanol–water partition coefficient (Wildman–Crippen LogP) is 5.04. The fourth-order valence-corrected chi connectivity index (χ4v) is 4.87. The molecule has 0 amide bonds. The SMILES string of the molecule is COc1cc(C2C(C#N)=C(N)N(c3ccccc3C(F)(F)F)C3=C2C(=O)CCC3)cc(OC)c1OC. The van der Waals surface area contributed by atoms with Gasteiger partial charge < -0.3 is 19.9 Å². The maximum absolute atomic E-state index is 13.9. The first-order valence-electron chi connectivity index (χ1n) is 11.1. The zero-order valence-electron chi connectivity index (χ0n) is 19.9. The van der Waals surface area contributed by atoms with Gasteiger partial charge in [0.15, 0.2) is 17.3 Å². The number of carbonyl (C=O) groups excluding carboxylic acids is 1. The third-order valence-corrected chi connectivity index (χ3v) is 6.38. The number of rotatable bonds is 5. The van der Waals surface area contributed by atoms with Crippen LogP contribution in [0.3, 0.4) is 0 Å². The molecule has 1 aliphatic carbocycles. The molecule has 1 heterocycles. The largest absolute Gasteiger partial charge is 0.493 e. The summed E-state index contributed by atoms with van der Waals surface area (Å²) in [5.41, 5.74) is 6.29. The third-order valence-electron chi connectivity index (χ3n) is 6.38. The summed E-state index contributed by atoms with van der Waals surface area (Å²) in [5, 5.41) is 10.2. The lowest BCUT2D eigenvalue weighted by Crippen LogP contribution is -2.39. The van der Waals surface area contributed by atoms with Gasteiger partial charge in [-0.3, -0.25) is 9.69 Å². The van der Waals surface area contributed by atoms with Gasteiger partial charge >= 0.3 is 6.18 Å². The fourth-order valence-electron chi connectivity index (χ4n) is 4.87. The summed E-state index contributed by atoms with van der Waals surface area (Å²) in [5.74, 6) is -0.414. The molecule has 0 bridgehead atoms. The number of halogens is 3. The number of hydrogen-bond donors (Lipinski definition) is 1. The standard InChI is InChI=1S/C26H24F3N3O4/c1-34-20-11-14(12-21(35-2)24(20)36-3)22-15(13-30)25(31)32(18-9-6-10-19(33)23(18)22)17-8-5-4-7-16(17)26(27,28)29/h4-5,7-8,11-12,22H,6,9-10,31H2,1-3H3. The Morgan fingerprint density at radius 2 is 1.69 bits per heavy atom. The van der Waals surface area contributed by atoms with Crippen molar-refractivity contribution >= 4 is 11.5 Å². The number of nitrogens with zero attached hydrogens (tertiary/aromatic N) is 2. The van der Waals surface area contributed by atoms with Crippen molar-refractivity contribution in [2.24, 2.45) is 5.73 Å². The monoisotopic (exact) mass is 499 g/mol. The Morgan fingerprint density at radius 1 is 1.06 bits per heavy atom. The van der Waals surface area contributed by atoms with Crippen molar-refractivity contribution in [2.45, 2.75) is 31.4 Å². The third kappa shape index (κ3) is 4.00. The number of carbonyl (C=O) groups is 1. The molecule has 0 aromatic heterocycles. The molecular weight excluding hydrogens is 475 g/mol. The number of nitriles is 1. The summed E-state index contributed by atoms with van der Waals surface area (Å²) in [6, 6.07) is 10.2. The van der Waals surface area contributed by atoms with Crippen molar-refractivity contribution in [1.82, 2.24) is 0 Å². The Bertz CT molecular complexity index is 1300. The number of ether oxygens (including phenoxy) is 3. The summed E-state index contributed by atoms with van der Waals surface area (Å²) in [6.07, 6.45) is -3.71. The van der Waals surface area contributed by atoms with E-state index in [9.17, 15) is 23.2 Å². The van der Waals surface area contributed by atoms with Gasteiger partial charge in [0.2, 0.25) is 5.75 Å². The van der Waals surface area contributed by atoms with E-state index >= 15 is 0 Å². The van der Waals surface area contributed by atoms with Crippen LogP contribution in [0.15, 0.2) is 59.1 Å². The van der Waals surface area contributed by atoms with Gasteiger partial charge in [0, 0.05) is 17.7 Å². The van der Waals surface area contributed by atoms with Gasteiger partial charge in [0.1, 0.15) is 5.82 Å². The molecule has 1 unspecified atom stereocenters. The molecule has 1 atom stereocenters. The van der Waals surface area contributed by atoms with E-state index in [1.807, 2.05) is 6.07 Å². The van der Waals surface area contributed by atoms with E-state index in [0.717, 1.165) is 6.07 Å². The molecule has 0 radical (unpaired) electrons. The molecule has 188 valence electrons. The van der Waals surface area contributed by atoms with Crippen LogP contribution in [0.5, 0.6) is 17.2 Å². The molecule has 2 aliphatic rings. The molecule has 2 N–H and O–H groups in total. The Kier molecular flexibility index (Phi) is 6.59. The molecule has 0 fully saturated rings. The van der Waals surface area contributed by atoms with Gasteiger partial charge in [0.05, 0.1) is 50.1 Å². The lowest BCUT2D eigenvalue weighted by atomic mass is 9.75. The maximum atomic E-state index is 13.9. The second-order valence-corrected chi connectivity index (χ2v) is 8.29. The van der Waals surface area contributed by atoms with E-state index in [2.05, 4.69) is 0 Å². The number of anilines is 1. The van der Waals surface area contributed by atoms with Crippen LogP contribution >= 0.6 is 0 Å². The predicted molar refractivity (Wildman–Crippen MR) is 125 cm³/mol. The van der Waals surface area contributed by atoms with Gasteiger partial charge in [-0.1, -0.05) is 12.1 Å². The van der Waals surface area contributed by atoms with Crippen LogP contribution in [-0.2, 0) is 11.0 Å². The van der Waals surface area contributed by atoms with Gasteiger partial charge in [-0.2, -0.15) is 18.4 Å². The minimum atomic E-state index is -4.67. The second kappa shape index (κ2) is 9.49. The van der Waals surface area contributed by atoms with Crippen LogP contribution < -0.4 is 24.8 Å². The molecule has 4 rings (SSSR count). The summed E-state index contributed by atoms with van der Waals surface area (Å²) in [6.45, 7) is 0. The van der Waals surface area contributed by atoms with Crippen molar-refractivity contribution in [3.8, 4) is 23.3 Å². The lowest BCUT2D eigenvalue weighted by molar-refractivity contribution is -0.137. The van der Waals surface area contributed by atoms with Crippen molar-refractivity contribution in [1.29, 1.82) is 5.26 Å². The average Bonchev–Trinajstić information content (AvgIpc) is 2.86. The topological polar surface area (TPSA) is 97.8 Å². The number of methoxy groups -OCH3 is 3. The normalized spacial score (nSPS) is 18.1. The zero-order valence-corrected chi connectivity index (χ0v) is 19.9. The molecular formula is C26H24F3N3O4. The second-order valence-electron chi connectivity index (χ2n) is 8.29. The molecule has 0 spiro atoms. The number of para-hydroxylation sites is 1. The van der Waals surface area contributed by atoms with Crippen LogP contribution in [-0.4, -0.2) is 27.1 Å². The number of Topliss-reactive ketones (excluding diaryl/α,β-unsaturated/α-hetero) is 1. The summed E-state index contributed by atoms with van der Waals surface area (Å²) < 4.78 is 58.0. The molecule has 10 heteroatoms. The Hall–Kier alpha value is -4.13. The Morgan fingerprint density at radius 3 is 2.25 bits per heavy atom. The van der Waals surface area contributed by atoms with Crippen LogP contribution in [0, 0.1) is 11.3 Å². The lowest BCUT2D eigenvalue weighted by Gasteiger charge is -2.40. The molecule has 36 heavy (non-hydrogen) atoms. The number of benzene rings is 2. The molecule has 2 aromatic rings. The van der Waals surface area contributed by atoms with E-state index in [1.54, 1.807) is 12.1 Å². The van der Waals surface area contributed by atoms with Crippen molar-refractivity contribution in [2.75, 3.05) is 26.2 Å². The molecule has 0 saturated carbocycles. The maximum Gasteiger partial charge on any atom is 0.418 e. The Labute approximate surface area is 206 Å². The van der Waals surface area contributed by atoms with E-state index in [-0.39, 0.29) is 34.9 Å². The number of nitrogens with two attached hydrogens (primary N) is 1. The highest BCUT2D eigenvalue weighted by Crippen LogP contribution is 2.50. The quantitative estimate of drug-likeness (QED) is 0.616. The number of hydrogen-bond acceptors (Lipinski definition) is 7. The molecule has 0 saturated heterocycles. The highest BCUT2D eigenvalue weighted by atomic mass is 19.4. The first-order valence-corrected chi connectivity index (χ1v) is 11.1. The number of ketones is 1. The molecule has 2 aromatic carbocycles. The zero-order chi connectivity index (χ0) is 26.2. The highest BCUT2D eigenvalue weighted by molar-refractivity contribution is 6.01. The van der Waals surface area contributed by atoms with Gasteiger partial charge in [0.25, 0.3) is 0 Å².